The van der Waals surface area contributed by atoms with Crippen molar-refractivity contribution in [2.45, 2.75) is 26.3 Å². The monoisotopic (exact) mass is 325 g/mol. The number of primary amides is 1. The van der Waals surface area contributed by atoms with Crippen molar-refractivity contribution in [3.63, 3.8) is 0 Å². The first-order chi connectivity index (χ1) is 11.6. The maximum atomic E-state index is 12.3. The second-order valence-corrected chi connectivity index (χ2v) is 5.63. The number of H-pyrrole nitrogens is 1. The van der Waals surface area contributed by atoms with Crippen LogP contribution in [-0.2, 0) is 29.0 Å². The normalized spacial score (nSPS) is 10.9. The van der Waals surface area contributed by atoms with E-state index < -0.39 is 5.91 Å². The molecule has 0 unspecified atom stereocenters. The summed E-state index contributed by atoms with van der Waals surface area (Å²) in [5.41, 5.74) is 8.90. The summed E-state index contributed by atoms with van der Waals surface area (Å²) in [7, 11) is 0. The molecule has 4 N–H and O–H groups in total. The second kappa shape index (κ2) is 6.57. The number of rotatable bonds is 6. The Morgan fingerprint density at radius 1 is 1.33 bits per heavy atom. The number of anilines is 1. The van der Waals surface area contributed by atoms with Crippen molar-refractivity contribution in [2.75, 3.05) is 5.32 Å². The van der Waals surface area contributed by atoms with E-state index in [0.29, 0.717) is 5.69 Å². The maximum Gasteiger partial charge on any atom is 0.239 e. The number of nitrogens with one attached hydrogen (secondary N) is 2. The minimum absolute atomic E-state index is 0.0158. The number of benzene rings is 1. The van der Waals surface area contributed by atoms with Crippen molar-refractivity contribution >= 4 is 28.4 Å². The molecule has 7 heteroatoms. The standard InChI is InChI=1S/C17H19N5O2/c1-2-11-4-3-5-14-12(7-19-17(11)14)6-16(24)21-13-8-20-22(9-13)10-15(18)23/h3-5,7-9,19H,2,6,10H2,1H3,(H2,18,23)(H,21,24). The predicted molar refractivity (Wildman–Crippen MR) is 91.4 cm³/mol. The predicted octanol–water partition coefficient (Wildman–Crippen LogP) is 1.59. The summed E-state index contributed by atoms with van der Waals surface area (Å²) in [6.07, 6.45) is 6.13. The summed E-state index contributed by atoms with van der Waals surface area (Å²) in [5, 5.41) is 7.82. The van der Waals surface area contributed by atoms with Crippen molar-refractivity contribution in [2.24, 2.45) is 5.73 Å². The Hall–Kier alpha value is -3.09. The lowest BCUT2D eigenvalue weighted by Gasteiger charge is -2.03. The zero-order valence-electron chi connectivity index (χ0n) is 13.4. The van der Waals surface area contributed by atoms with Crippen molar-refractivity contribution in [1.82, 2.24) is 14.8 Å². The summed E-state index contributed by atoms with van der Waals surface area (Å²) < 4.78 is 1.39. The number of aryl methyl sites for hydroxylation is 1. The summed E-state index contributed by atoms with van der Waals surface area (Å²) in [6, 6.07) is 6.10. The van der Waals surface area contributed by atoms with Gasteiger partial charge in [-0.1, -0.05) is 25.1 Å². The fourth-order valence-corrected chi connectivity index (χ4v) is 2.77. The van der Waals surface area contributed by atoms with Crippen LogP contribution in [0.25, 0.3) is 10.9 Å². The lowest BCUT2D eigenvalue weighted by Crippen LogP contribution is -2.18. The molecule has 2 amide bonds. The van der Waals surface area contributed by atoms with Gasteiger partial charge in [0.2, 0.25) is 11.8 Å². The topological polar surface area (TPSA) is 106 Å². The Morgan fingerprint density at radius 2 is 2.17 bits per heavy atom. The molecule has 0 fully saturated rings. The first-order valence-electron chi connectivity index (χ1n) is 7.75. The number of nitrogens with two attached hydrogens (primary N) is 1. The molecule has 0 aliphatic heterocycles. The van der Waals surface area contributed by atoms with Gasteiger partial charge in [-0.05, 0) is 17.5 Å². The fraction of sp³-hybridized carbons (Fsp3) is 0.235. The van der Waals surface area contributed by atoms with Gasteiger partial charge in [0.1, 0.15) is 6.54 Å². The van der Waals surface area contributed by atoms with Gasteiger partial charge in [-0.2, -0.15) is 5.10 Å². The van der Waals surface area contributed by atoms with Gasteiger partial charge in [0.05, 0.1) is 18.3 Å². The number of fused-ring (bicyclic) bond motifs is 1. The molecule has 3 aromatic rings. The molecular weight excluding hydrogens is 306 g/mol. The van der Waals surface area contributed by atoms with Gasteiger partial charge in [-0.15, -0.1) is 0 Å². The van der Waals surface area contributed by atoms with E-state index in [1.54, 1.807) is 6.20 Å². The summed E-state index contributed by atoms with van der Waals surface area (Å²) >= 11 is 0. The molecule has 2 aromatic heterocycles. The minimum atomic E-state index is -0.485. The Bertz CT molecular complexity index is 893. The van der Waals surface area contributed by atoms with Gasteiger partial charge in [-0.25, -0.2) is 0 Å². The highest BCUT2D eigenvalue weighted by Gasteiger charge is 2.11. The van der Waals surface area contributed by atoms with E-state index in [1.165, 1.54) is 16.4 Å². The quantitative estimate of drug-likeness (QED) is 0.641. The summed E-state index contributed by atoms with van der Waals surface area (Å²) in [6.45, 7) is 2.09. The number of amides is 2. The maximum absolute atomic E-state index is 12.3. The van der Waals surface area contributed by atoms with Crippen LogP contribution in [0.2, 0.25) is 0 Å². The van der Waals surface area contributed by atoms with Gasteiger partial charge in [0, 0.05) is 23.3 Å². The second-order valence-electron chi connectivity index (χ2n) is 5.63. The molecule has 0 radical (unpaired) electrons. The number of carbonyl (C=O) groups excluding carboxylic acids is 2. The van der Waals surface area contributed by atoms with Crippen LogP contribution in [0.5, 0.6) is 0 Å². The van der Waals surface area contributed by atoms with Crippen LogP contribution >= 0.6 is 0 Å². The Kier molecular flexibility index (Phi) is 4.33. The average Bonchev–Trinajstić information content (AvgIpc) is 3.14. The van der Waals surface area contributed by atoms with E-state index in [-0.39, 0.29) is 18.9 Å². The van der Waals surface area contributed by atoms with E-state index >= 15 is 0 Å². The Labute approximate surface area is 138 Å². The first-order valence-corrected chi connectivity index (χ1v) is 7.75. The molecule has 7 nitrogen and oxygen atoms in total. The lowest BCUT2D eigenvalue weighted by molar-refractivity contribution is -0.118. The highest BCUT2D eigenvalue weighted by Crippen LogP contribution is 2.22. The Morgan fingerprint density at radius 3 is 2.92 bits per heavy atom. The molecule has 0 spiro atoms. The van der Waals surface area contributed by atoms with Crippen LogP contribution in [0.1, 0.15) is 18.1 Å². The molecule has 0 aliphatic rings. The largest absolute Gasteiger partial charge is 0.368 e. The van der Waals surface area contributed by atoms with Crippen molar-refractivity contribution in [3.05, 3.63) is 47.9 Å². The number of hydrogen-bond donors (Lipinski definition) is 3. The van der Waals surface area contributed by atoms with Gasteiger partial charge in [-0.3, -0.25) is 14.3 Å². The molecule has 124 valence electrons. The number of hydrogen-bond acceptors (Lipinski definition) is 3. The molecular formula is C17H19N5O2. The summed E-state index contributed by atoms with van der Waals surface area (Å²) in [4.78, 5) is 26.4. The zero-order valence-corrected chi connectivity index (χ0v) is 13.4. The highest BCUT2D eigenvalue weighted by atomic mass is 16.2. The molecule has 0 bridgehead atoms. The third kappa shape index (κ3) is 3.29. The van der Waals surface area contributed by atoms with Gasteiger partial charge < -0.3 is 16.0 Å². The van der Waals surface area contributed by atoms with Gasteiger partial charge >= 0.3 is 0 Å². The van der Waals surface area contributed by atoms with Crippen molar-refractivity contribution < 1.29 is 9.59 Å². The molecule has 3 rings (SSSR count). The molecule has 24 heavy (non-hydrogen) atoms. The van der Waals surface area contributed by atoms with Crippen LogP contribution in [0.15, 0.2) is 36.8 Å². The SMILES string of the molecule is CCc1cccc2c(CC(=O)Nc3cnn(CC(N)=O)c3)c[nH]c12. The third-order valence-electron chi connectivity index (χ3n) is 3.85. The molecule has 0 saturated carbocycles. The molecule has 1 aromatic carbocycles. The zero-order chi connectivity index (χ0) is 17.1. The van der Waals surface area contributed by atoms with E-state index in [1.807, 2.05) is 18.3 Å². The van der Waals surface area contributed by atoms with Crippen LogP contribution in [0, 0.1) is 0 Å². The van der Waals surface area contributed by atoms with Crippen LogP contribution in [-0.4, -0.2) is 26.6 Å². The molecule has 0 saturated heterocycles. The van der Waals surface area contributed by atoms with E-state index in [2.05, 4.69) is 28.4 Å². The fourth-order valence-electron chi connectivity index (χ4n) is 2.77. The van der Waals surface area contributed by atoms with Crippen molar-refractivity contribution in [1.29, 1.82) is 0 Å². The average molecular weight is 325 g/mol. The number of para-hydroxylation sites is 1. The first kappa shape index (κ1) is 15.8. The van der Waals surface area contributed by atoms with E-state index in [4.69, 9.17) is 5.73 Å². The van der Waals surface area contributed by atoms with Gasteiger partial charge in [0.15, 0.2) is 0 Å². The number of aromatic amines is 1. The smallest absolute Gasteiger partial charge is 0.239 e. The molecule has 0 aliphatic carbocycles. The number of aromatic nitrogens is 3. The third-order valence-corrected chi connectivity index (χ3v) is 3.85. The highest BCUT2D eigenvalue weighted by molar-refractivity contribution is 5.96. The molecule has 0 atom stereocenters. The molecule has 2 heterocycles. The summed E-state index contributed by atoms with van der Waals surface area (Å²) in [5.74, 6) is -0.627. The van der Waals surface area contributed by atoms with Crippen LogP contribution in [0.4, 0.5) is 5.69 Å². The Balaban J connectivity index is 1.71. The minimum Gasteiger partial charge on any atom is -0.368 e. The van der Waals surface area contributed by atoms with E-state index in [9.17, 15) is 9.59 Å². The van der Waals surface area contributed by atoms with Gasteiger partial charge in [0.25, 0.3) is 0 Å². The van der Waals surface area contributed by atoms with Crippen molar-refractivity contribution in [3.8, 4) is 0 Å². The number of carbonyl (C=O) groups is 2. The van der Waals surface area contributed by atoms with Crippen LogP contribution < -0.4 is 11.1 Å². The lowest BCUT2D eigenvalue weighted by atomic mass is 10.1. The number of nitrogens with zero attached hydrogens (tertiary/aromatic N) is 2. The van der Waals surface area contributed by atoms with Crippen LogP contribution in [0.3, 0.4) is 0 Å². The van der Waals surface area contributed by atoms with E-state index in [0.717, 1.165) is 22.9 Å².